The van der Waals surface area contributed by atoms with Crippen LogP contribution in [0.1, 0.15) is 25.1 Å². The van der Waals surface area contributed by atoms with Crippen molar-refractivity contribution >= 4 is 16.9 Å². The monoisotopic (exact) mass is 281 g/mol. The first kappa shape index (κ1) is 14.5. The number of esters is 1. The molecule has 20 heavy (non-hydrogen) atoms. The number of hydrogen-bond acceptors (Lipinski definition) is 2. The molecule has 0 atom stereocenters. The van der Waals surface area contributed by atoms with Crippen molar-refractivity contribution in [3.63, 3.8) is 0 Å². The molecule has 0 aliphatic heterocycles. The third kappa shape index (κ3) is 2.07. The normalized spacial score (nSPS) is 11.8. The van der Waals surface area contributed by atoms with Gasteiger partial charge in [-0.05, 0) is 32.4 Å². The third-order valence-electron chi connectivity index (χ3n) is 3.37. The predicted molar refractivity (Wildman–Crippen MR) is 72.9 cm³/mol. The molecule has 1 aromatic heterocycles. The second-order valence-electron chi connectivity index (χ2n) is 4.53. The number of benzene rings is 1. The van der Waals surface area contributed by atoms with Gasteiger partial charge in [0.2, 0.25) is 0 Å². The number of hydrogen-bond donors (Lipinski definition) is 0. The van der Waals surface area contributed by atoms with E-state index in [9.17, 15) is 13.6 Å². The number of alkyl halides is 2. The number of rotatable bonds is 4. The van der Waals surface area contributed by atoms with Gasteiger partial charge in [-0.2, -0.15) is 8.78 Å². The third-order valence-corrected chi connectivity index (χ3v) is 3.37. The van der Waals surface area contributed by atoms with E-state index >= 15 is 0 Å². The van der Waals surface area contributed by atoms with Crippen molar-refractivity contribution in [2.24, 2.45) is 0 Å². The van der Waals surface area contributed by atoms with Crippen LogP contribution in [0.5, 0.6) is 0 Å². The van der Waals surface area contributed by atoms with E-state index in [0.717, 1.165) is 5.39 Å². The molecule has 0 saturated carbocycles. The summed E-state index contributed by atoms with van der Waals surface area (Å²) in [5.41, 5.74) is 0.839. The van der Waals surface area contributed by atoms with Crippen molar-refractivity contribution in [2.75, 3.05) is 6.61 Å². The molecule has 0 spiro atoms. The van der Waals surface area contributed by atoms with Crippen LogP contribution in [-0.4, -0.2) is 17.1 Å². The molecule has 0 saturated heterocycles. The number of aryl methyl sites for hydroxylation is 2. The Morgan fingerprint density at radius 3 is 2.55 bits per heavy atom. The molecule has 0 unspecified atom stereocenters. The van der Waals surface area contributed by atoms with Crippen molar-refractivity contribution in [1.82, 2.24) is 4.57 Å². The van der Waals surface area contributed by atoms with Gasteiger partial charge in [0.1, 0.15) is 5.69 Å². The number of nitrogens with zero attached hydrogens (tertiary/aromatic N) is 1. The van der Waals surface area contributed by atoms with Crippen molar-refractivity contribution in [3.8, 4) is 0 Å². The lowest BCUT2D eigenvalue weighted by molar-refractivity contribution is -0.174. The van der Waals surface area contributed by atoms with E-state index < -0.39 is 11.9 Å². The highest BCUT2D eigenvalue weighted by Crippen LogP contribution is 2.37. The Balaban J connectivity index is 2.70. The van der Waals surface area contributed by atoms with Crippen LogP contribution in [0.4, 0.5) is 8.78 Å². The van der Waals surface area contributed by atoms with Gasteiger partial charge in [0.25, 0.3) is 0 Å². The Kier molecular flexibility index (Phi) is 3.79. The van der Waals surface area contributed by atoms with E-state index in [4.69, 9.17) is 0 Å². The first-order chi connectivity index (χ1) is 9.45. The van der Waals surface area contributed by atoms with Crippen molar-refractivity contribution in [1.29, 1.82) is 0 Å². The van der Waals surface area contributed by atoms with Crippen LogP contribution in [0.3, 0.4) is 0 Å². The van der Waals surface area contributed by atoms with Crippen LogP contribution in [0.2, 0.25) is 0 Å². The molecule has 0 N–H and O–H groups in total. The second kappa shape index (κ2) is 5.23. The molecular formula is C15H17F2NO2. The Hall–Kier alpha value is -1.91. The van der Waals surface area contributed by atoms with Gasteiger partial charge in [-0.25, -0.2) is 4.79 Å². The Morgan fingerprint density at radius 2 is 1.95 bits per heavy atom. The molecule has 0 bridgehead atoms. The molecule has 3 nitrogen and oxygen atoms in total. The second-order valence-corrected chi connectivity index (χ2v) is 4.53. The summed E-state index contributed by atoms with van der Waals surface area (Å²) in [5.74, 6) is -5.14. The molecular weight excluding hydrogens is 264 g/mol. The first-order valence-electron chi connectivity index (χ1n) is 6.58. The minimum atomic E-state index is -3.64. The van der Waals surface area contributed by atoms with Crippen molar-refractivity contribution in [3.05, 3.63) is 35.5 Å². The number of ether oxygens (including phenoxy) is 1. The zero-order valence-electron chi connectivity index (χ0n) is 11.7. The van der Waals surface area contributed by atoms with E-state index in [1.807, 2.05) is 0 Å². The smallest absolute Gasteiger partial charge is 0.383 e. The highest BCUT2D eigenvalue weighted by atomic mass is 19.3. The van der Waals surface area contributed by atoms with Gasteiger partial charge in [0.05, 0.1) is 6.61 Å². The summed E-state index contributed by atoms with van der Waals surface area (Å²) in [6.07, 6.45) is 0. The Bertz CT molecular complexity index is 647. The fraction of sp³-hybridized carbons (Fsp3) is 0.400. The van der Waals surface area contributed by atoms with Gasteiger partial charge in [-0.3, -0.25) is 0 Å². The zero-order valence-corrected chi connectivity index (χ0v) is 11.7. The van der Waals surface area contributed by atoms with Crippen molar-refractivity contribution < 1.29 is 18.3 Å². The lowest BCUT2D eigenvalue weighted by atomic mass is 10.1. The van der Waals surface area contributed by atoms with Gasteiger partial charge in [0.15, 0.2) is 0 Å². The number of fused-ring (bicyclic) bond motifs is 1. The standard InChI is InChI=1S/C15H17F2NO2/c1-4-18-12-9-7-6-8-11(12)10(3)13(18)15(16,17)14(19)20-5-2/h6-9H,4-5H2,1-3H3. The maximum Gasteiger partial charge on any atom is 0.383 e. The van der Waals surface area contributed by atoms with Gasteiger partial charge in [0, 0.05) is 17.4 Å². The lowest BCUT2D eigenvalue weighted by Gasteiger charge is -2.18. The molecule has 0 amide bonds. The summed E-state index contributed by atoms with van der Waals surface area (Å²) in [5, 5.41) is 0.730. The fourth-order valence-electron chi connectivity index (χ4n) is 2.53. The molecule has 1 heterocycles. The van der Waals surface area contributed by atoms with Crippen LogP contribution in [0, 0.1) is 6.92 Å². The predicted octanol–water partition coefficient (Wildman–Crippen LogP) is 3.62. The SMILES string of the molecule is CCOC(=O)C(F)(F)c1c(C)c2ccccc2n1CC. The quantitative estimate of drug-likeness (QED) is 0.801. The lowest BCUT2D eigenvalue weighted by Crippen LogP contribution is -2.31. The maximum atomic E-state index is 14.4. The topological polar surface area (TPSA) is 31.2 Å². The molecule has 2 rings (SSSR count). The average molecular weight is 281 g/mol. The fourth-order valence-corrected chi connectivity index (χ4v) is 2.53. The summed E-state index contributed by atoms with van der Waals surface area (Å²) in [7, 11) is 0. The maximum absolute atomic E-state index is 14.4. The van der Waals surface area contributed by atoms with E-state index in [2.05, 4.69) is 4.74 Å². The average Bonchev–Trinajstić information content (AvgIpc) is 2.72. The van der Waals surface area contributed by atoms with Crippen LogP contribution in [0.25, 0.3) is 10.9 Å². The minimum Gasteiger partial charge on any atom is -0.461 e. The van der Waals surface area contributed by atoms with Crippen LogP contribution in [0.15, 0.2) is 24.3 Å². The summed E-state index contributed by atoms with van der Waals surface area (Å²) in [6, 6.07) is 7.14. The molecule has 0 fully saturated rings. The van der Waals surface area contributed by atoms with E-state index in [1.54, 1.807) is 38.1 Å². The van der Waals surface area contributed by atoms with Gasteiger partial charge in [-0.1, -0.05) is 18.2 Å². The molecule has 108 valence electrons. The highest BCUT2D eigenvalue weighted by Gasteiger charge is 2.47. The number of para-hydroxylation sites is 1. The van der Waals surface area contributed by atoms with E-state index in [1.165, 1.54) is 11.5 Å². The van der Waals surface area contributed by atoms with Gasteiger partial charge >= 0.3 is 11.9 Å². The largest absolute Gasteiger partial charge is 0.461 e. The number of halogens is 2. The first-order valence-corrected chi connectivity index (χ1v) is 6.58. The Labute approximate surface area is 116 Å². The van der Waals surface area contributed by atoms with Crippen molar-refractivity contribution in [2.45, 2.75) is 33.2 Å². The minimum absolute atomic E-state index is 0.0696. The highest BCUT2D eigenvalue weighted by molar-refractivity contribution is 5.89. The molecule has 0 aliphatic carbocycles. The van der Waals surface area contributed by atoms with Gasteiger partial charge < -0.3 is 9.30 Å². The summed E-state index contributed by atoms with van der Waals surface area (Å²) >= 11 is 0. The summed E-state index contributed by atoms with van der Waals surface area (Å²) in [4.78, 5) is 11.6. The van der Waals surface area contributed by atoms with E-state index in [0.29, 0.717) is 17.6 Å². The summed E-state index contributed by atoms with van der Waals surface area (Å²) in [6.45, 7) is 5.18. The number of aromatic nitrogens is 1. The number of carbonyl (C=O) groups excluding carboxylic acids is 1. The molecule has 0 aliphatic rings. The van der Waals surface area contributed by atoms with E-state index in [-0.39, 0.29) is 12.3 Å². The Morgan fingerprint density at radius 1 is 1.30 bits per heavy atom. The van der Waals surface area contributed by atoms with Crippen LogP contribution in [-0.2, 0) is 22.0 Å². The molecule has 2 aromatic rings. The molecule has 1 aromatic carbocycles. The molecule has 5 heteroatoms. The molecule has 0 radical (unpaired) electrons. The van der Waals surface area contributed by atoms with Gasteiger partial charge in [-0.15, -0.1) is 0 Å². The number of carbonyl (C=O) groups is 1. The zero-order chi connectivity index (χ0) is 14.9. The van der Waals surface area contributed by atoms with Crippen LogP contribution < -0.4 is 0 Å². The summed E-state index contributed by atoms with van der Waals surface area (Å²) < 4.78 is 34.8. The van der Waals surface area contributed by atoms with Crippen LogP contribution >= 0.6 is 0 Å².